The lowest BCUT2D eigenvalue weighted by Crippen LogP contribution is -2.41. The molecule has 2 rings (SSSR count). The topological polar surface area (TPSA) is 66.6 Å². The molecule has 0 aromatic heterocycles. The van der Waals surface area contributed by atoms with Gasteiger partial charge in [0.2, 0.25) is 0 Å². The minimum absolute atomic E-state index is 0.0955. The van der Waals surface area contributed by atoms with Crippen molar-refractivity contribution in [2.45, 2.75) is 32.3 Å². The molecule has 4 nitrogen and oxygen atoms in total. The quantitative estimate of drug-likeness (QED) is 0.874. The predicted octanol–water partition coefficient (Wildman–Crippen LogP) is 1.42. The SMILES string of the molecule is CC(O)C1CCN(C(=O)c2ccccc2CCN)CC1. The number of carbonyl (C=O) groups excluding carboxylic acids is 1. The Labute approximate surface area is 120 Å². The molecule has 20 heavy (non-hydrogen) atoms. The molecule has 1 unspecified atom stereocenters. The first kappa shape index (κ1) is 15.0. The molecule has 1 aromatic carbocycles. The van der Waals surface area contributed by atoms with Gasteiger partial charge >= 0.3 is 0 Å². The van der Waals surface area contributed by atoms with Crippen LogP contribution in [-0.4, -0.2) is 41.7 Å². The van der Waals surface area contributed by atoms with E-state index in [0.717, 1.165) is 43.5 Å². The van der Waals surface area contributed by atoms with Gasteiger partial charge in [-0.15, -0.1) is 0 Å². The number of aliphatic hydroxyl groups is 1. The monoisotopic (exact) mass is 276 g/mol. The summed E-state index contributed by atoms with van der Waals surface area (Å²) in [7, 11) is 0. The van der Waals surface area contributed by atoms with Gasteiger partial charge in [-0.25, -0.2) is 0 Å². The van der Waals surface area contributed by atoms with Crippen LogP contribution in [-0.2, 0) is 6.42 Å². The van der Waals surface area contributed by atoms with E-state index in [9.17, 15) is 9.90 Å². The fraction of sp³-hybridized carbons (Fsp3) is 0.562. The summed E-state index contributed by atoms with van der Waals surface area (Å²) in [5.74, 6) is 0.413. The molecule has 1 aliphatic heterocycles. The largest absolute Gasteiger partial charge is 0.393 e. The van der Waals surface area contributed by atoms with Crippen LogP contribution in [0.15, 0.2) is 24.3 Å². The molecule has 1 fully saturated rings. The number of likely N-dealkylation sites (tertiary alicyclic amines) is 1. The van der Waals surface area contributed by atoms with Crippen molar-refractivity contribution >= 4 is 5.91 Å². The fourth-order valence-electron chi connectivity index (χ4n) is 2.86. The van der Waals surface area contributed by atoms with Crippen molar-refractivity contribution in [3.8, 4) is 0 Å². The molecule has 1 atom stereocenters. The van der Waals surface area contributed by atoms with Gasteiger partial charge in [-0.2, -0.15) is 0 Å². The second kappa shape index (κ2) is 6.86. The number of aliphatic hydroxyl groups excluding tert-OH is 1. The van der Waals surface area contributed by atoms with Gasteiger partial charge in [0.05, 0.1) is 6.10 Å². The summed E-state index contributed by atoms with van der Waals surface area (Å²) >= 11 is 0. The Kier molecular flexibility index (Phi) is 5.15. The van der Waals surface area contributed by atoms with Crippen LogP contribution in [0.2, 0.25) is 0 Å². The summed E-state index contributed by atoms with van der Waals surface area (Å²) in [6.07, 6.45) is 2.20. The Bertz CT molecular complexity index is 452. The van der Waals surface area contributed by atoms with E-state index in [4.69, 9.17) is 5.73 Å². The molecule has 1 heterocycles. The van der Waals surface area contributed by atoms with Crippen LogP contribution in [0.3, 0.4) is 0 Å². The van der Waals surface area contributed by atoms with E-state index < -0.39 is 0 Å². The maximum absolute atomic E-state index is 12.6. The minimum atomic E-state index is -0.281. The smallest absolute Gasteiger partial charge is 0.254 e. The molecule has 1 amide bonds. The molecule has 0 radical (unpaired) electrons. The van der Waals surface area contributed by atoms with Crippen molar-refractivity contribution < 1.29 is 9.90 Å². The Morgan fingerprint density at radius 2 is 2.05 bits per heavy atom. The lowest BCUT2D eigenvalue weighted by atomic mass is 9.91. The summed E-state index contributed by atoms with van der Waals surface area (Å²) in [4.78, 5) is 14.5. The van der Waals surface area contributed by atoms with Crippen molar-refractivity contribution in [1.82, 2.24) is 4.90 Å². The summed E-state index contributed by atoms with van der Waals surface area (Å²) in [6.45, 7) is 3.84. The Morgan fingerprint density at radius 3 is 2.65 bits per heavy atom. The zero-order valence-electron chi connectivity index (χ0n) is 12.1. The van der Waals surface area contributed by atoms with Crippen LogP contribution in [0.1, 0.15) is 35.7 Å². The standard InChI is InChI=1S/C16H24N2O2/c1-12(19)13-7-10-18(11-8-13)16(20)15-5-3-2-4-14(15)6-9-17/h2-5,12-13,19H,6-11,17H2,1H3. The lowest BCUT2D eigenvalue weighted by Gasteiger charge is -2.33. The molecule has 110 valence electrons. The number of hydrogen-bond donors (Lipinski definition) is 2. The van der Waals surface area contributed by atoms with Crippen molar-refractivity contribution in [2.75, 3.05) is 19.6 Å². The molecule has 1 aliphatic rings. The maximum atomic E-state index is 12.6. The summed E-state index contributed by atoms with van der Waals surface area (Å²) < 4.78 is 0. The first-order valence-corrected chi connectivity index (χ1v) is 7.38. The lowest BCUT2D eigenvalue weighted by molar-refractivity contribution is 0.0520. The van der Waals surface area contributed by atoms with Gasteiger partial charge in [0.15, 0.2) is 0 Å². The average Bonchev–Trinajstić information content (AvgIpc) is 2.47. The normalized spacial score (nSPS) is 18.1. The zero-order chi connectivity index (χ0) is 14.5. The van der Waals surface area contributed by atoms with E-state index in [1.165, 1.54) is 0 Å². The van der Waals surface area contributed by atoms with Crippen LogP contribution in [0, 0.1) is 5.92 Å². The summed E-state index contributed by atoms with van der Waals surface area (Å²) in [5, 5.41) is 9.62. The first-order valence-electron chi connectivity index (χ1n) is 7.38. The number of piperidine rings is 1. The Morgan fingerprint density at radius 1 is 1.40 bits per heavy atom. The molecular formula is C16H24N2O2. The van der Waals surface area contributed by atoms with E-state index in [0.29, 0.717) is 12.5 Å². The average molecular weight is 276 g/mol. The van der Waals surface area contributed by atoms with Crippen LogP contribution in [0.25, 0.3) is 0 Å². The van der Waals surface area contributed by atoms with Crippen LogP contribution < -0.4 is 5.73 Å². The van der Waals surface area contributed by atoms with Gasteiger partial charge in [-0.3, -0.25) is 4.79 Å². The van der Waals surface area contributed by atoms with Crippen LogP contribution in [0.4, 0.5) is 0 Å². The van der Waals surface area contributed by atoms with Crippen molar-refractivity contribution in [3.05, 3.63) is 35.4 Å². The van der Waals surface area contributed by atoms with Crippen molar-refractivity contribution in [1.29, 1.82) is 0 Å². The highest BCUT2D eigenvalue weighted by Crippen LogP contribution is 2.22. The highest BCUT2D eigenvalue weighted by Gasteiger charge is 2.26. The molecular weight excluding hydrogens is 252 g/mol. The van der Waals surface area contributed by atoms with Crippen molar-refractivity contribution in [3.63, 3.8) is 0 Å². The van der Waals surface area contributed by atoms with Gasteiger partial charge < -0.3 is 15.7 Å². The highest BCUT2D eigenvalue weighted by molar-refractivity contribution is 5.95. The Balaban J connectivity index is 2.05. The van der Waals surface area contributed by atoms with Crippen molar-refractivity contribution in [2.24, 2.45) is 11.7 Å². The van der Waals surface area contributed by atoms with Gasteiger partial charge in [0, 0.05) is 18.7 Å². The highest BCUT2D eigenvalue weighted by atomic mass is 16.3. The fourth-order valence-corrected chi connectivity index (χ4v) is 2.86. The molecule has 0 saturated carbocycles. The number of hydrogen-bond acceptors (Lipinski definition) is 3. The first-order chi connectivity index (χ1) is 9.63. The third-order valence-corrected chi connectivity index (χ3v) is 4.17. The number of rotatable bonds is 4. The zero-order valence-corrected chi connectivity index (χ0v) is 12.1. The summed E-state index contributed by atoms with van der Waals surface area (Å²) in [5.41, 5.74) is 7.40. The summed E-state index contributed by atoms with van der Waals surface area (Å²) in [6, 6.07) is 7.70. The van der Waals surface area contributed by atoms with Crippen LogP contribution >= 0.6 is 0 Å². The molecule has 0 spiro atoms. The van der Waals surface area contributed by atoms with E-state index >= 15 is 0 Å². The number of carbonyl (C=O) groups is 1. The molecule has 1 saturated heterocycles. The number of nitrogens with zero attached hydrogens (tertiary/aromatic N) is 1. The minimum Gasteiger partial charge on any atom is -0.393 e. The van der Waals surface area contributed by atoms with Gasteiger partial charge in [0.1, 0.15) is 0 Å². The molecule has 0 bridgehead atoms. The van der Waals surface area contributed by atoms with E-state index in [1.807, 2.05) is 36.1 Å². The number of nitrogens with two attached hydrogens (primary N) is 1. The molecule has 4 heteroatoms. The van der Waals surface area contributed by atoms with Gasteiger partial charge in [-0.05, 0) is 50.3 Å². The third kappa shape index (κ3) is 3.38. The second-order valence-corrected chi connectivity index (χ2v) is 5.57. The molecule has 0 aliphatic carbocycles. The van der Waals surface area contributed by atoms with Gasteiger partial charge in [-0.1, -0.05) is 18.2 Å². The van der Waals surface area contributed by atoms with E-state index in [1.54, 1.807) is 0 Å². The number of amides is 1. The van der Waals surface area contributed by atoms with E-state index in [2.05, 4.69) is 0 Å². The molecule has 3 N–H and O–H groups in total. The Hall–Kier alpha value is -1.39. The molecule has 1 aromatic rings. The van der Waals surface area contributed by atoms with E-state index in [-0.39, 0.29) is 12.0 Å². The number of benzene rings is 1. The predicted molar refractivity (Wildman–Crippen MR) is 79.5 cm³/mol. The van der Waals surface area contributed by atoms with Gasteiger partial charge in [0.25, 0.3) is 5.91 Å². The maximum Gasteiger partial charge on any atom is 0.254 e. The second-order valence-electron chi connectivity index (χ2n) is 5.57. The third-order valence-electron chi connectivity index (χ3n) is 4.17. The van der Waals surface area contributed by atoms with Crippen LogP contribution in [0.5, 0.6) is 0 Å².